The number of ether oxygens (including phenoxy) is 1. The van der Waals surface area contributed by atoms with Crippen molar-refractivity contribution in [1.29, 1.82) is 5.53 Å². The standard InChI is InChI=1S/C14H20N4OS/c1-4-17(5-2)12-9-11(7-8-14(12)19-6-3)13-10-20-18(13)16-15/h7-10,15H,4-6H2,1-3H3. The first-order valence-electron chi connectivity index (χ1n) is 6.81. The Kier molecular flexibility index (Phi) is 4.79. The van der Waals surface area contributed by atoms with Gasteiger partial charge in [0.15, 0.2) is 0 Å². The minimum atomic E-state index is 0.653. The molecule has 2 rings (SSSR count). The smallest absolute Gasteiger partial charge is 0.142 e. The summed E-state index contributed by atoms with van der Waals surface area (Å²) >= 11 is 1.42. The van der Waals surface area contributed by atoms with E-state index in [1.165, 1.54) is 11.5 Å². The molecule has 0 saturated heterocycles. The monoisotopic (exact) mass is 292 g/mol. The molecule has 0 amide bonds. The highest BCUT2D eigenvalue weighted by Crippen LogP contribution is 2.35. The molecule has 0 spiro atoms. The van der Waals surface area contributed by atoms with Gasteiger partial charge in [0.2, 0.25) is 0 Å². The van der Waals surface area contributed by atoms with E-state index in [0.29, 0.717) is 6.61 Å². The number of benzene rings is 1. The van der Waals surface area contributed by atoms with Crippen molar-refractivity contribution >= 4 is 17.2 Å². The molecule has 1 aromatic heterocycles. The molecule has 1 heterocycles. The predicted octanol–water partition coefficient (Wildman–Crippen LogP) is 4.26. The van der Waals surface area contributed by atoms with Crippen LogP contribution in [0.5, 0.6) is 5.75 Å². The second-order valence-electron chi connectivity index (χ2n) is 4.27. The van der Waals surface area contributed by atoms with Crippen LogP contribution in [0.15, 0.2) is 28.8 Å². The number of rotatable bonds is 7. The molecule has 5 nitrogen and oxygen atoms in total. The van der Waals surface area contributed by atoms with Crippen molar-refractivity contribution in [3.63, 3.8) is 0 Å². The SMILES string of the molecule is CCOc1ccc(-c2csn2N=N)cc1N(CC)CC. The Morgan fingerprint density at radius 1 is 1.30 bits per heavy atom. The van der Waals surface area contributed by atoms with Gasteiger partial charge in [-0.2, -0.15) is 9.60 Å². The van der Waals surface area contributed by atoms with Gasteiger partial charge in [0.25, 0.3) is 0 Å². The zero-order valence-electron chi connectivity index (χ0n) is 12.1. The molecule has 0 atom stereocenters. The van der Waals surface area contributed by atoms with Gasteiger partial charge in [-0.05, 0) is 50.5 Å². The second-order valence-corrected chi connectivity index (χ2v) is 5.06. The molecular formula is C14H20N4OS. The summed E-state index contributed by atoms with van der Waals surface area (Å²) in [5, 5.41) is 5.46. The first-order valence-corrected chi connectivity index (χ1v) is 7.65. The van der Waals surface area contributed by atoms with Crippen molar-refractivity contribution in [1.82, 2.24) is 4.07 Å². The second kappa shape index (κ2) is 6.56. The van der Waals surface area contributed by atoms with Gasteiger partial charge in [-0.3, -0.25) is 0 Å². The van der Waals surface area contributed by atoms with Crippen molar-refractivity contribution < 1.29 is 4.74 Å². The maximum absolute atomic E-state index is 7.11. The zero-order valence-corrected chi connectivity index (χ0v) is 12.9. The normalized spacial score (nSPS) is 10.6. The van der Waals surface area contributed by atoms with E-state index >= 15 is 0 Å². The topological polar surface area (TPSA) is 53.6 Å². The maximum Gasteiger partial charge on any atom is 0.142 e. The Morgan fingerprint density at radius 3 is 2.55 bits per heavy atom. The fraction of sp³-hybridized carbons (Fsp3) is 0.429. The van der Waals surface area contributed by atoms with E-state index in [1.54, 1.807) is 4.07 Å². The van der Waals surface area contributed by atoms with E-state index in [-0.39, 0.29) is 0 Å². The highest BCUT2D eigenvalue weighted by molar-refractivity contribution is 7.06. The van der Waals surface area contributed by atoms with E-state index in [1.807, 2.05) is 24.4 Å². The molecule has 0 aliphatic heterocycles. The quantitative estimate of drug-likeness (QED) is 0.775. The third-order valence-corrected chi connectivity index (χ3v) is 4.03. The lowest BCUT2D eigenvalue weighted by atomic mass is 10.1. The molecule has 0 radical (unpaired) electrons. The lowest BCUT2D eigenvalue weighted by Gasteiger charge is -2.25. The van der Waals surface area contributed by atoms with Crippen LogP contribution in [-0.2, 0) is 0 Å². The summed E-state index contributed by atoms with van der Waals surface area (Å²) in [6.45, 7) is 8.78. The van der Waals surface area contributed by atoms with Crippen LogP contribution < -0.4 is 9.64 Å². The molecular weight excluding hydrogens is 272 g/mol. The van der Waals surface area contributed by atoms with Crippen LogP contribution in [-0.4, -0.2) is 23.8 Å². The lowest BCUT2D eigenvalue weighted by Crippen LogP contribution is -2.22. The molecule has 108 valence electrons. The molecule has 0 aliphatic rings. The van der Waals surface area contributed by atoms with Gasteiger partial charge in [-0.1, -0.05) is 5.22 Å². The van der Waals surface area contributed by atoms with E-state index in [0.717, 1.165) is 35.8 Å². The molecule has 6 heteroatoms. The summed E-state index contributed by atoms with van der Waals surface area (Å²) in [7, 11) is 0. The van der Waals surface area contributed by atoms with Gasteiger partial charge in [-0.15, -0.1) is 0 Å². The van der Waals surface area contributed by atoms with Crippen LogP contribution in [0.3, 0.4) is 0 Å². The largest absolute Gasteiger partial charge is 0.492 e. The highest BCUT2D eigenvalue weighted by Gasteiger charge is 2.14. The fourth-order valence-corrected chi connectivity index (χ4v) is 2.77. The fourth-order valence-electron chi connectivity index (χ4n) is 2.17. The van der Waals surface area contributed by atoms with Crippen LogP contribution in [0.4, 0.5) is 5.69 Å². The van der Waals surface area contributed by atoms with E-state index < -0.39 is 0 Å². The summed E-state index contributed by atoms with van der Waals surface area (Å²) in [5.41, 5.74) is 10.2. The Bertz CT molecular complexity index is 571. The number of hydrogen-bond donors (Lipinski definition) is 1. The van der Waals surface area contributed by atoms with Crippen LogP contribution in [0, 0.1) is 5.53 Å². The summed E-state index contributed by atoms with van der Waals surface area (Å²) in [6, 6.07) is 6.13. The summed E-state index contributed by atoms with van der Waals surface area (Å²) < 4.78 is 7.32. The number of hydrogen-bond acceptors (Lipinski definition) is 5. The predicted molar refractivity (Wildman–Crippen MR) is 83.0 cm³/mol. The molecule has 0 saturated carbocycles. The van der Waals surface area contributed by atoms with Crippen LogP contribution >= 0.6 is 11.5 Å². The average molecular weight is 292 g/mol. The number of aromatic nitrogens is 1. The summed E-state index contributed by atoms with van der Waals surface area (Å²) in [4.78, 5) is 2.27. The maximum atomic E-state index is 7.11. The molecule has 0 unspecified atom stereocenters. The van der Waals surface area contributed by atoms with Crippen LogP contribution in [0.2, 0.25) is 0 Å². The van der Waals surface area contributed by atoms with Gasteiger partial charge in [-0.25, -0.2) is 0 Å². The van der Waals surface area contributed by atoms with E-state index in [9.17, 15) is 0 Å². The Balaban J connectivity index is 2.43. The van der Waals surface area contributed by atoms with Crippen LogP contribution in [0.1, 0.15) is 20.8 Å². The summed E-state index contributed by atoms with van der Waals surface area (Å²) in [5.74, 6) is 0.905. The van der Waals surface area contributed by atoms with Gasteiger partial charge in [0.05, 0.1) is 18.0 Å². The molecule has 0 aliphatic carbocycles. The molecule has 1 N–H and O–H groups in total. The Hall–Kier alpha value is -1.82. The van der Waals surface area contributed by atoms with Gasteiger partial charge in [0.1, 0.15) is 5.75 Å². The van der Waals surface area contributed by atoms with Crippen molar-refractivity contribution in [3.8, 4) is 17.0 Å². The number of anilines is 1. The van der Waals surface area contributed by atoms with Crippen molar-refractivity contribution in [2.75, 3.05) is 24.6 Å². The highest BCUT2D eigenvalue weighted by atomic mass is 32.1. The number of nitrogens with one attached hydrogen (secondary N) is 1. The third kappa shape index (κ3) is 2.70. The molecule has 0 fully saturated rings. The average Bonchev–Trinajstić information content (AvgIpc) is 2.42. The number of nitrogens with zero attached hydrogens (tertiary/aromatic N) is 3. The first kappa shape index (κ1) is 14.6. The summed E-state index contributed by atoms with van der Waals surface area (Å²) in [6.07, 6.45) is 0. The molecule has 1 aromatic carbocycles. The zero-order chi connectivity index (χ0) is 14.5. The minimum Gasteiger partial charge on any atom is -0.492 e. The van der Waals surface area contributed by atoms with Crippen molar-refractivity contribution in [2.24, 2.45) is 5.22 Å². The van der Waals surface area contributed by atoms with E-state index in [2.05, 4.69) is 30.0 Å². The minimum absolute atomic E-state index is 0.653. The van der Waals surface area contributed by atoms with Crippen LogP contribution in [0.25, 0.3) is 11.3 Å². The molecule has 20 heavy (non-hydrogen) atoms. The van der Waals surface area contributed by atoms with Gasteiger partial charge in [0, 0.05) is 24.0 Å². The van der Waals surface area contributed by atoms with Gasteiger partial charge < -0.3 is 9.64 Å². The first-order chi connectivity index (χ1) is 9.74. The van der Waals surface area contributed by atoms with Crippen molar-refractivity contribution in [3.05, 3.63) is 23.6 Å². The van der Waals surface area contributed by atoms with Crippen molar-refractivity contribution in [2.45, 2.75) is 20.8 Å². The third-order valence-electron chi connectivity index (χ3n) is 3.22. The van der Waals surface area contributed by atoms with E-state index in [4.69, 9.17) is 10.3 Å². The molecule has 2 aromatic rings. The lowest BCUT2D eigenvalue weighted by molar-refractivity contribution is 0.340. The Labute approximate surface area is 123 Å². The van der Waals surface area contributed by atoms with Gasteiger partial charge >= 0.3 is 0 Å². The molecule has 0 bridgehead atoms. The Morgan fingerprint density at radius 2 is 2.05 bits per heavy atom.